The molecule has 2 aromatic heterocycles. The predicted octanol–water partition coefficient (Wildman–Crippen LogP) is 2.71. The first-order valence-corrected chi connectivity index (χ1v) is 7.09. The normalized spacial score (nSPS) is 16.7. The first kappa shape index (κ1) is 12.3. The summed E-state index contributed by atoms with van der Waals surface area (Å²) in [6.07, 6.45) is 12.3. The Balaban J connectivity index is 1.69. The van der Waals surface area contributed by atoms with Crippen LogP contribution in [0.5, 0.6) is 0 Å². The van der Waals surface area contributed by atoms with Crippen LogP contribution in [0.4, 0.5) is 5.95 Å². The van der Waals surface area contributed by atoms with E-state index in [1.54, 1.807) is 0 Å². The van der Waals surface area contributed by atoms with Gasteiger partial charge in [-0.2, -0.15) is 5.10 Å². The number of aryl methyl sites for hydroxylation is 1. The third-order valence-electron chi connectivity index (χ3n) is 3.93. The fraction of sp³-hybridized carbons (Fsp3) is 0.571. The van der Waals surface area contributed by atoms with Crippen LogP contribution in [0.15, 0.2) is 18.6 Å². The molecule has 0 radical (unpaired) electrons. The van der Waals surface area contributed by atoms with Gasteiger partial charge in [0.2, 0.25) is 5.95 Å². The molecule has 0 spiro atoms. The summed E-state index contributed by atoms with van der Waals surface area (Å²) < 4.78 is 2.16. The van der Waals surface area contributed by atoms with Crippen LogP contribution in [0, 0.1) is 6.92 Å². The molecule has 102 valence electrons. The Morgan fingerprint density at radius 2 is 2.21 bits per heavy atom. The summed E-state index contributed by atoms with van der Waals surface area (Å²) in [7, 11) is 0. The second-order valence-electron chi connectivity index (χ2n) is 5.38. The molecule has 0 aromatic carbocycles. The van der Waals surface area contributed by atoms with Gasteiger partial charge in [0.25, 0.3) is 0 Å². The summed E-state index contributed by atoms with van der Waals surface area (Å²) in [5.41, 5.74) is 2.34. The standard InChI is InChI=1S/C14H21N5/c1-11-12(9-16-18-11)10-19-8-7-15-14(19)17-13-5-3-2-4-6-13/h7-9,13H,2-6,10H2,1H3,(H,15,17)(H,16,18). The summed E-state index contributed by atoms with van der Waals surface area (Å²) in [6.45, 7) is 2.87. The SMILES string of the molecule is Cc1[nH]ncc1Cn1ccnc1NC1CCCCC1. The largest absolute Gasteiger partial charge is 0.353 e. The third kappa shape index (κ3) is 2.80. The van der Waals surface area contributed by atoms with Gasteiger partial charge in [0.05, 0.1) is 12.7 Å². The fourth-order valence-corrected chi connectivity index (χ4v) is 2.73. The minimum absolute atomic E-state index is 0.584. The number of aromatic nitrogens is 4. The van der Waals surface area contributed by atoms with Gasteiger partial charge in [0.15, 0.2) is 0 Å². The monoisotopic (exact) mass is 259 g/mol. The van der Waals surface area contributed by atoms with E-state index >= 15 is 0 Å². The van der Waals surface area contributed by atoms with Crippen molar-refractivity contribution in [1.82, 2.24) is 19.7 Å². The zero-order valence-electron chi connectivity index (χ0n) is 11.4. The van der Waals surface area contributed by atoms with E-state index in [0.717, 1.165) is 18.2 Å². The van der Waals surface area contributed by atoms with E-state index in [-0.39, 0.29) is 0 Å². The summed E-state index contributed by atoms with van der Waals surface area (Å²) >= 11 is 0. The molecule has 0 amide bonds. The van der Waals surface area contributed by atoms with E-state index in [1.165, 1.54) is 37.7 Å². The molecular weight excluding hydrogens is 238 g/mol. The Morgan fingerprint density at radius 3 is 2.95 bits per heavy atom. The lowest BCUT2D eigenvalue weighted by Crippen LogP contribution is -2.24. The quantitative estimate of drug-likeness (QED) is 0.887. The second-order valence-corrected chi connectivity index (χ2v) is 5.38. The van der Waals surface area contributed by atoms with Gasteiger partial charge in [0.1, 0.15) is 0 Å². The molecule has 19 heavy (non-hydrogen) atoms. The van der Waals surface area contributed by atoms with Crippen LogP contribution in [0.25, 0.3) is 0 Å². The average molecular weight is 259 g/mol. The summed E-state index contributed by atoms with van der Waals surface area (Å²) in [4.78, 5) is 4.44. The van der Waals surface area contributed by atoms with Crippen LogP contribution in [0.2, 0.25) is 0 Å². The van der Waals surface area contributed by atoms with Crippen molar-refractivity contribution in [2.45, 2.75) is 51.6 Å². The van der Waals surface area contributed by atoms with Crippen LogP contribution in [-0.2, 0) is 6.54 Å². The molecular formula is C14H21N5. The van der Waals surface area contributed by atoms with E-state index in [9.17, 15) is 0 Å². The molecule has 0 bridgehead atoms. The number of nitrogens with one attached hydrogen (secondary N) is 2. The van der Waals surface area contributed by atoms with Crippen molar-refractivity contribution in [3.05, 3.63) is 29.8 Å². The number of hydrogen-bond donors (Lipinski definition) is 2. The van der Waals surface area contributed by atoms with Gasteiger partial charge in [-0.15, -0.1) is 0 Å². The predicted molar refractivity (Wildman–Crippen MR) is 75.1 cm³/mol. The van der Waals surface area contributed by atoms with E-state index in [2.05, 4.69) is 25.1 Å². The molecule has 1 aliphatic rings. The van der Waals surface area contributed by atoms with Crippen molar-refractivity contribution >= 4 is 5.95 Å². The van der Waals surface area contributed by atoms with Gasteiger partial charge in [-0.05, 0) is 19.8 Å². The Labute approximate surface area is 113 Å². The highest BCUT2D eigenvalue weighted by atomic mass is 15.2. The zero-order valence-corrected chi connectivity index (χ0v) is 11.4. The highest BCUT2D eigenvalue weighted by Gasteiger charge is 2.15. The van der Waals surface area contributed by atoms with Crippen molar-refractivity contribution in [3.8, 4) is 0 Å². The molecule has 1 fully saturated rings. The Hall–Kier alpha value is -1.78. The molecule has 2 N–H and O–H groups in total. The first-order chi connectivity index (χ1) is 9.33. The molecule has 0 unspecified atom stereocenters. The summed E-state index contributed by atoms with van der Waals surface area (Å²) in [5.74, 6) is 0.979. The van der Waals surface area contributed by atoms with Gasteiger partial charge in [-0.1, -0.05) is 19.3 Å². The number of H-pyrrole nitrogens is 1. The van der Waals surface area contributed by atoms with Crippen LogP contribution in [-0.4, -0.2) is 25.8 Å². The van der Waals surface area contributed by atoms with Gasteiger partial charge in [-0.25, -0.2) is 4.98 Å². The lowest BCUT2D eigenvalue weighted by Gasteiger charge is -2.23. The van der Waals surface area contributed by atoms with Crippen LogP contribution < -0.4 is 5.32 Å². The molecule has 5 heteroatoms. The van der Waals surface area contributed by atoms with E-state index in [4.69, 9.17) is 0 Å². The second kappa shape index (κ2) is 5.47. The third-order valence-corrected chi connectivity index (χ3v) is 3.93. The lowest BCUT2D eigenvalue weighted by molar-refractivity contribution is 0.459. The highest BCUT2D eigenvalue weighted by Crippen LogP contribution is 2.21. The Morgan fingerprint density at radius 1 is 1.37 bits per heavy atom. The number of imidazole rings is 1. The van der Waals surface area contributed by atoms with Crippen LogP contribution in [0.3, 0.4) is 0 Å². The van der Waals surface area contributed by atoms with Gasteiger partial charge in [0, 0.05) is 29.7 Å². The number of aromatic amines is 1. The molecule has 1 aliphatic carbocycles. The maximum absolute atomic E-state index is 4.44. The molecule has 0 atom stereocenters. The minimum Gasteiger partial charge on any atom is -0.353 e. The summed E-state index contributed by atoms with van der Waals surface area (Å²) in [6, 6.07) is 0.584. The van der Waals surface area contributed by atoms with Crippen molar-refractivity contribution in [2.24, 2.45) is 0 Å². The molecule has 0 aliphatic heterocycles. The molecule has 2 aromatic rings. The van der Waals surface area contributed by atoms with Gasteiger partial charge >= 0.3 is 0 Å². The highest BCUT2D eigenvalue weighted by molar-refractivity contribution is 5.30. The van der Waals surface area contributed by atoms with Crippen LogP contribution >= 0.6 is 0 Å². The molecule has 0 saturated heterocycles. The van der Waals surface area contributed by atoms with Crippen molar-refractivity contribution in [2.75, 3.05) is 5.32 Å². The van der Waals surface area contributed by atoms with Crippen LogP contribution in [0.1, 0.15) is 43.4 Å². The summed E-state index contributed by atoms with van der Waals surface area (Å²) in [5, 5.41) is 10.6. The first-order valence-electron chi connectivity index (χ1n) is 7.09. The number of hydrogen-bond acceptors (Lipinski definition) is 3. The molecule has 3 rings (SSSR count). The molecule has 5 nitrogen and oxygen atoms in total. The minimum atomic E-state index is 0.584. The number of nitrogens with zero attached hydrogens (tertiary/aromatic N) is 3. The topological polar surface area (TPSA) is 58.5 Å². The fourth-order valence-electron chi connectivity index (χ4n) is 2.73. The lowest BCUT2D eigenvalue weighted by atomic mass is 9.96. The van der Waals surface area contributed by atoms with E-state index < -0.39 is 0 Å². The van der Waals surface area contributed by atoms with Gasteiger partial charge in [-0.3, -0.25) is 5.10 Å². The van der Waals surface area contributed by atoms with E-state index in [0.29, 0.717) is 6.04 Å². The average Bonchev–Trinajstić information content (AvgIpc) is 3.02. The van der Waals surface area contributed by atoms with Gasteiger partial charge < -0.3 is 9.88 Å². The number of rotatable bonds is 4. The Bertz CT molecular complexity index is 521. The maximum atomic E-state index is 4.44. The molecule has 1 saturated carbocycles. The Kier molecular flexibility index (Phi) is 3.53. The smallest absolute Gasteiger partial charge is 0.203 e. The maximum Gasteiger partial charge on any atom is 0.203 e. The van der Waals surface area contributed by atoms with E-state index in [1.807, 2.05) is 25.5 Å². The van der Waals surface area contributed by atoms with Crippen molar-refractivity contribution in [3.63, 3.8) is 0 Å². The zero-order chi connectivity index (χ0) is 13.1. The molecule has 2 heterocycles. The number of anilines is 1. The van der Waals surface area contributed by atoms with Crippen molar-refractivity contribution in [1.29, 1.82) is 0 Å². The van der Waals surface area contributed by atoms with Crippen molar-refractivity contribution < 1.29 is 0 Å².